The van der Waals surface area contributed by atoms with Gasteiger partial charge in [-0.05, 0) is 58.4 Å². The second-order valence-electron chi connectivity index (χ2n) is 13.1. The maximum atomic E-state index is 14.5. The molecule has 5 rings (SSSR count). The van der Waals surface area contributed by atoms with Gasteiger partial charge in [0.1, 0.15) is 6.04 Å². The number of rotatable bonds is 12. The van der Waals surface area contributed by atoms with Gasteiger partial charge in [0.25, 0.3) is 0 Å². The Balaban J connectivity index is 0.00000286. The van der Waals surface area contributed by atoms with Crippen molar-refractivity contribution in [2.24, 2.45) is 5.92 Å². The highest BCUT2D eigenvalue weighted by atomic mass is 19.4. The minimum Gasteiger partial charge on any atom is -0.338 e. The van der Waals surface area contributed by atoms with Crippen molar-refractivity contribution >= 4 is 17.9 Å². The molecule has 1 unspecified atom stereocenters. The molecule has 270 valence electrons. The molecule has 8 heteroatoms. The van der Waals surface area contributed by atoms with E-state index in [0.717, 1.165) is 49.3 Å². The third-order valence-corrected chi connectivity index (χ3v) is 8.83. The lowest BCUT2D eigenvalue weighted by molar-refractivity contribution is -0.145. The van der Waals surface area contributed by atoms with Crippen molar-refractivity contribution in [1.82, 2.24) is 14.7 Å². The third kappa shape index (κ3) is 12.0. The minimum absolute atomic E-state index is 0.115. The van der Waals surface area contributed by atoms with Gasteiger partial charge in [-0.25, -0.2) is 0 Å². The zero-order valence-corrected chi connectivity index (χ0v) is 30.2. The summed E-state index contributed by atoms with van der Waals surface area (Å²) in [6, 6.07) is 32.0. The summed E-state index contributed by atoms with van der Waals surface area (Å²) >= 11 is 0. The van der Waals surface area contributed by atoms with Crippen molar-refractivity contribution in [1.29, 1.82) is 0 Å². The summed E-state index contributed by atoms with van der Waals surface area (Å²) in [7, 11) is 0. The summed E-state index contributed by atoms with van der Waals surface area (Å²) in [5.74, 6) is -0.000586. The highest BCUT2D eigenvalue weighted by molar-refractivity contribution is 5.95. The van der Waals surface area contributed by atoms with E-state index in [0.29, 0.717) is 31.0 Å². The normalized spacial score (nSPS) is 14.2. The third-order valence-electron chi connectivity index (χ3n) is 8.83. The summed E-state index contributed by atoms with van der Waals surface area (Å²) in [4.78, 5) is 34.4. The van der Waals surface area contributed by atoms with E-state index in [-0.39, 0.29) is 18.4 Å². The van der Waals surface area contributed by atoms with E-state index in [1.807, 2.05) is 79.4 Å². The number of carbonyl (C=O) groups excluding carboxylic acids is 2. The van der Waals surface area contributed by atoms with Gasteiger partial charge in [0.05, 0.1) is 5.56 Å². The average Bonchev–Trinajstić information content (AvgIpc) is 3.14. The molecule has 5 nitrogen and oxygen atoms in total. The number of hydrogen-bond acceptors (Lipinski definition) is 3. The molecule has 0 spiro atoms. The van der Waals surface area contributed by atoms with Gasteiger partial charge >= 0.3 is 6.18 Å². The van der Waals surface area contributed by atoms with Crippen LogP contribution in [0.4, 0.5) is 13.2 Å². The summed E-state index contributed by atoms with van der Waals surface area (Å²) in [6.45, 7) is 11.9. The first-order chi connectivity index (χ1) is 24.5. The van der Waals surface area contributed by atoms with E-state index in [9.17, 15) is 22.8 Å². The number of nitrogens with zero attached hydrogens (tertiary/aromatic N) is 3. The molecule has 1 aliphatic heterocycles. The predicted molar refractivity (Wildman–Crippen MR) is 200 cm³/mol. The molecule has 1 atom stereocenters. The SMILES string of the molecule is CC.CC(C)Cc1ccc(CN(C(=O)/C=C/c2ccc(C(F)(F)F)cc2)C(Cc2ccccc2)C(=O)N2CCN(Cc3ccccc3)CC2)cc1. The lowest BCUT2D eigenvalue weighted by Crippen LogP contribution is -2.56. The van der Waals surface area contributed by atoms with Crippen LogP contribution in [-0.2, 0) is 41.7 Å². The largest absolute Gasteiger partial charge is 0.416 e. The van der Waals surface area contributed by atoms with Crippen LogP contribution in [0.1, 0.15) is 61.1 Å². The van der Waals surface area contributed by atoms with Crippen LogP contribution >= 0.6 is 0 Å². The minimum atomic E-state index is -4.45. The Labute approximate surface area is 301 Å². The zero-order valence-electron chi connectivity index (χ0n) is 30.2. The van der Waals surface area contributed by atoms with Gasteiger partial charge in [-0.2, -0.15) is 13.2 Å². The van der Waals surface area contributed by atoms with Crippen molar-refractivity contribution in [2.75, 3.05) is 26.2 Å². The highest BCUT2D eigenvalue weighted by Gasteiger charge is 2.34. The number of amides is 2. The number of halogens is 3. The van der Waals surface area contributed by atoms with Gasteiger partial charge < -0.3 is 9.80 Å². The van der Waals surface area contributed by atoms with Crippen LogP contribution in [0.25, 0.3) is 6.08 Å². The van der Waals surface area contributed by atoms with Crippen LogP contribution in [0.3, 0.4) is 0 Å². The van der Waals surface area contributed by atoms with Crippen molar-refractivity contribution in [2.45, 2.75) is 65.8 Å². The van der Waals surface area contributed by atoms with Crippen LogP contribution in [-0.4, -0.2) is 58.7 Å². The molecule has 1 heterocycles. The highest BCUT2D eigenvalue weighted by Crippen LogP contribution is 2.29. The van der Waals surface area contributed by atoms with Crippen LogP contribution in [0, 0.1) is 5.92 Å². The van der Waals surface area contributed by atoms with Gasteiger partial charge in [-0.1, -0.05) is 125 Å². The quantitative estimate of drug-likeness (QED) is 0.139. The van der Waals surface area contributed by atoms with Crippen LogP contribution < -0.4 is 0 Å². The second kappa shape index (κ2) is 19.1. The van der Waals surface area contributed by atoms with Crippen molar-refractivity contribution in [3.63, 3.8) is 0 Å². The van der Waals surface area contributed by atoms with Gasteiger partial charge in [0, 0.05) is 51.8 Å². The van der Waals surface area contributed by atoms with E-state index >= 15 is 0 Å². The Morgan fingerprint density at radius 2 is 1.24 bits per heavy atom. The van der Waals surface area contributed by atoms with Gasteiger partial charge in [-0.3, -0.25) is 14.5 Å². The van der Waals surface area contributed by atoms with E-state index in [1.54, 1.807) is 4.90 Å². The molecule has 0 radical (unpaired) electrons. The van der Waals surface area contributed by atoms with E-state index in [4.69, 9.17) is 0 Å². The Morgan fingerprint density at radius 1 is 0.706 bits per heavy atom. The first kappa shape index (κ1) is 39.1. The Hall–Kier alpha value is -4.69. The van der Waals surface area contributed by atoms with Crippen LogP contribution in [0.15, 0.2) is 115 Å². The zero-order chi connectivity index (χ0) is 36.8. The summed E-state index contributed by atoms with van der Waals surface area (Å²) < 4.78 is 39.4. The molecular formula is C43H50F3N3O2. The summed E-state index contributed by atoms with van der Waals surface area (Å²) in [5.41, 5.74) is 3.95. The lowest BCUT2D eigenvalue weighted by atomic mass is 9.99. The fourth-order valence-electron chi connectivity index (χ4n) is 6.18. The fourth-order valence-corrected chi connectivity index (χ4v) is 6.18. The molecule has 51 heavy (non-hydrogen) atoms. The van der Waals surface area contributed by atoms with E-state index < -0.39 is 17.8 Å². The standard InChI is InChI=1S/C41H44F3N3O2.C2H6/c1-31(2)27-34-13-15-36(16-14-34)30-47(39(48)22-19-32-17-20-37(21-18-32)41(42,43)44)38(28-33-9-5-3-6-10-33)40(49)46-25-23-45(24-26-46)29-35-11-7-4-8-12-35;1-2/h3-22,31,38H,23-30H2,1-2H3;1-2H3/b22-19+;. The predicted octanol–water partition coefficient (Wildman–Crippen LogP) is 8.93. The Morgan fingerprint density at radius 3 is 1.78 bits per heavy atom. The average molecular weight is 698 g/mol. The maximum Gasteiger partial charge on any atom is 0.416 e. The smallest absolute Gasteiger partial charge is 0.338 e. The molecule has 2 amide bonds. The summed E-state index contributed by atoms with van der Waals surface area (Å²) in [5, 5.41) is 0. The molecule has 1 aliphatic rings. The molecule has 1 saturated heterocycles. The first-order valence-corrected chi connectivity index (χ1v) is 17.9. The molecule has 0 saturated carbocycles. The van der Waals surface area contributed by atoms with Gasteiger partial charge in [0.15, 0.2) is 0 Å². The molecular weight excluding hydrogens is 647 g/mol. The van der Waals surface area contributed by atoms with Crippen molar-refractivity contribution in [3.8, 4) is 0 Å². The molecule has 4 aromatic rings. The second-order valence-corrected chi connectivity index (χ2v) is 13.1. The molecule has 4 aromatic carbocycles. The topological polar surface area (TPSA) is 43.9 Å². The van der Waals surface area contributed by atoms with Gasteiger partial charge in [-0.15, -0.1) is 0 Å². The number of piperazine rings is 1. The van der Waals surface area contributed by atoms with Crippen molar-refractivity contribution in [3.05, 3.63) is 149 Å². The molecule has 0 aliphatic carbocycles. The monoisotopic (exact) mass is 697 g/mol. The molecule has 0 aromatic heterocycles. The lowest BCUT2D eigenvalue weighted by Gasteiger charge is -2.39. The Bertz CT molecular complexity index is 1660. The molecule has 0 bridgehead atoms. The number of hydrogen-bond donors (Lipinski definition) is 0. The Kier molecular flexibility index (Phi) is 14.6. The fraction of sp³-hybridized carbons (Fsp3) is 0.349. The maximum absolute atomic E-state index is 14.5. The van der Waals surface area contributed by atoms with Crippen LogP contribution in [0.5, 0.6) is 0 Å². The number of benzene rings is 4. The van der Waals surface area contributed by atoms with Crippen molar-refractivity contribution < 1.29 is 22.8 Å². The summed E-state index contributed by atoms with van der Waals surface area (Å²) in [6.07, 6.45) is -0.316. The van der Waals surface area contributed by atoms with Gasteiger partial charge in [0.2, 0.25) is 11.8 Å². The van der Waals surface area contributed by atoms with E-state index in [1.165, 1.54) is 35.4 Å². The number of carbonyl (C=O) groups is 2. The molecule has 1 fully saturated rings. The molecule has 0 N–H and O–H groups in total. The van der Waals surface area contributed by atoms with Crippen LogP contribution in [0.2, 0.25) is 0 Å². The number of alkyl halides is 3. The first-order valence-electron chi connectivity index (χ1n) is 17.9. The van der Waals surface area contributed by atoms with E-state index in [2.05, 4.69) is 43.0 Å².